The highest BCUT2D eigenvalue weighted by atomic mass is 16.5. The Morgan fingerprint density at radius 3 is 2.83 bits per heavy atom. The number of ether oxygens (including phenoxy) is 2. The fourth-order valence-corrected chi connectivity index (χ4v) is 1.74. The maximum Gasteiger partial charge on any atom is 0.128 e. The number of hydrogen-bond acceptors (Lipinski definition) is 3. The van der Waals surface area contributed by atoms with E-state index in [0.29, 0.717) is 6.61 Å². The minimum atomic E-state index is 0.260. The summed E-state index contributed by atoms with van der Waals surface area (Å²) in [5.41, 5.74) is 1.14. The van der Waals surface area contributed by atoms with Crippen LogP contribution in [0.4, 0.5) is 0 Å². The van der Waals surface area contributed by atoms with E-state index in [2.05, 4.69) is 25.7 Å². The van der Waals surface area contributed by atoms with E-state index in [9.17, 15) is 0 Å². The molecule has 0 saturated carbocycles. The second kappa shape index (κ2) is 7.77. The zero-order chi connectivity index (χ0) is 13.4. The Labute approximate surface area is 110 Å². The molecular weight excluding hydrogens is 226 g/mol. The molecule has 0 saturated heterocycles. The Kier molecular flexibility index (Phi) is 6.29. The fourth-order valence-electron chi connectivity index (χ4n) is 1.74. The molecule has 0 aliphatic carbocycles. The molecule has 1 rings (SSSR count). The molecule has 0 radical (unpaired) electrons. The highest BCUT2D eigenvalue weighted by Crippen LogP contribution is 2.29. The summed E-state index contributed by atoms with van der Waals surface area (Å²) in [5.74, 6) is 1.66. The molecule has 1 unspecified atom stereocenters. The van der Waals surface area contributed by atoms with Gasteiger partial charge in [0.15, 0.2) is 0 Å². The van der Waals surface area contributed by atoms with Crippen LogP contribution in [-0.2, 0) is 0 Å². The summed E-state index contributed by atoms with van der Waals surface area (Å²) in [6, 6.07) is 6.18. The van der Waals surface area contributed by atoms with Gasteiger partial charge in [-0.3, -0.25) is 0 Å². The molecule has 0 fully saturated rings. The number of benzene rings is 1. The summed E-state index contributed by atoms with van der Waals surface area (Å²) in [5, 5.41) is 3.46. The second-order valence-corrected chi connectivity index (χ2v) is 4.18. The lowest BCUT2D eigenvalue weighted by Gasteiger charge is -2.18. The van der Waals surface area contributed by atoms with Crippen molar-refractivity contribution in [1.82, 2.24) is 5.32 Å². The minimum absolute atomic E-state index is 0.260. The summed E-state index contributed by atoms with van der Waals surface area (Å²) in [4.78, 5) is 0. The van der Waals surface area contributed by atoms with E-state index in [0.717, 1.165) is 30.0 Å². The smallest absolute Gasteiger partial charge is 0.128 e. The Balaban J connectivity index is 2.89. The van der Waals surface area contributed by atoms with Crippen LogP contribution < -0.4 is 14.8 Å². The van der Waals surface area contributed by atoms with Gasteiger partial charge in [-0.1, -0.05) is 25.6 Å². The Bertz CT molecular complexity index is 377. The highest BCUT2D eigenvalue weighted by Gasteiger charge is 2.12. The van der Waals surface area contributed by atoms with Crippen LogP contribution in [0.2, 0.25) is 0 Å². The normalized spacial score (nSPS) is 11.9. The Morgan fingerprint density at radius 1 is 1.44 bits per heavy atom. The summed E-state index contributed by atoms with van der Waals surface area (Å²) in [7, 11) is 1.66. The molecule has 0 bridgehead atoms. The topological polar surface area (TPSA) is 30.5 Å². The predicted molar refractivity (Wildman–Crippen MR) is 75.4 cm³/mol. The third-order valence-corrected chi connectivity index (χ3v) is 2.74. The average Bonchev–Trinajstić information content (AvgIpc) is 2.42. The predicted octanol–water partition coefficient (Wildman–Crippen LogP) is 3.32. The van der Waals surface area contributed by atoms with E-state index in [1.807, 2.05) is 18.2 Å². The van der Waals surface area contributed by atoms with Crippen LogP contribution in [0.1, 0.15) is 31.9 Å². The molecule has 1 atom stereocenters. The lowest BCUT2D eigenvalue weighted by atomic mass is 10.1. The van der Waals surface area contributed by atoms with Crippen molar-refractivity contribution in [2.24, 2.45) is 0 Å². The quantitative estimate of drug-likeness (QED) is 0.717. The first-order valence-electron chi connectivity index (χ1n) is 6.38. The molecule has 0 aliphatic rings. The fraction of sp³-hybridized carbons (Fsp3) is 0.467. The van der Waals surface area contributed by atoms with E-state index in [1.165, 1.54) is 0 Å². The van der Waals surface area contributed by atoms with Gasteiger partial charge in [0.1, 0.15) is 18.1 Å². The molecule has 0 aromatic heterocycles. The second-order valence-electron chi connectivity index (χ2n) is 4.18. The SMILES string of the molecule is C=CCOc1cc(OC)ccc1C(C)NCCC. The van der Waals surface area contributed by atoms with Gasteiger partial charge in [0.25, 0.3) is 0 Å². The van der Waals surface area contributed by atoms with E-state index in [1.54, 1.807) is 13.2 Å². The zero-order valence-corrected chi connectivity index (χ0v) is 11.5. The van der Waals surface area contributed by atoms with Gasteiger partial charge in [-0.05, 0) is 26.0 Å². The summed E-state index contributed by atoms with van der Waals surface area (Å²) in [6.07, 6.45) is 2.86. The first-order chi connectivity index (χ1) is 8.72. The van der Waals surface area contributed by atoms with Crippen molar-refractivity contribution in [3.05, 3.63) is 36.4 Å². The molecule has 1 aromatic rings. The molecule has 0 spiro atoms. The van der Waals surface area contributed by atoms with Gasteiger partial charge in [-0.2, -0.15) is 0 Å². The van der Waals surface area contributed by atoms with E-state index in [4.69, 9.17) is 9.47 Å². The Hall–Kier alpha value is -1.48. The monoisotopic (exact) mass is 249 g/mol. The Morgan fingerprint density at radius 2 is 2.22 bits per heavy atom. The average molecular weight is 249 g/mol. The largest absolute Gasteiger partial charge is 0.497 e. The maximum atomic E-state index is 5.69. The molecule has 3 nitrogen and oxygen atoms in total. The molecule has 18 heavy (non-hydrogen) atoms. The molecule has 3 heteroatoms. The number of hydrogen-bond donors (Lipinski definition) is 1. The van der Waals surface area contributed by atoms with Gasteiger partial charge in [-0.15, -0.1) is 0 Å². The molecule has 1 aromatic carbocycles. The molecular formula is C15H23NO2. The first kappa shape index (κ1) is 14.6. The molecule has 100 valence electrons. The van der Waals surface area contributed by atoms with Gasteiger partial charge in [0.2, 0.25) is 0 Å². The third-order valence-electron chi connectivity index (χ3n) is 2.74. The molecule has 0 aliphatic heterocycles. The van der Waals surface area contributed by atoms with Crippen LogP contribution in [0.5, 0.6) is 11.5 Å². The lowest BCUT2D eigenvalue weighted by Crippen LogP contribution is -2.20. The van der Waals surface area contributed by atoms with Gasteiger partial charge in [0, 0.05) is 17.7 Å². The van der Waals surface area contributed by atoms with Crippen molar-refractivity contribution in [3.63, 3.8) is 0 Å². The van der Waals surface area contributed by atoms with E-state index in [-0.39, 0.29) is 6.04 Å². The molecule has 0 amide bonds. The van der Waals surface area contributed by atoms with Crippen LogP contribution in [0, 0.1) is 0 Å². The first-order valence-corrected chi connectivity index (χ1v) is 6.38. The van der Waals surface area contributed by atoms with Crippen LogP contribution in [0.3, 0.4) is 0 Å². The van der Waals surface area contributed by atoms with Gasteiger partial charge in [0.05, 0.1) is 7.11 Å². The van der Waals surface area contributed by atoms with Crippen LogP contribution in [0.25, 0.3) is 0 Å². The van der Waals surface area contributed by atoms with Crippen molar-refractivity contribution in [1.29, 1.82) is 0 Å². The van der Waals surface area contributed by atoms with Crippen LogP contribution in [0.15, 0.2) is 30.9 Å². The number of rotatable bonds is 8. The van der Waals surface area contributed by atoms with Crippen LogP contribution >= 0.6 is 0 Å². The van der Waals surface area contributed by atoms with Gasteiger partial charge < -0.3 is 14.8 Å². The van der Waals surface area contributed by atoms with Crippen molar-refractivity contribution in [2.45, 2.75) is 26.3 Å². The maximum absolute atomic E-state index is 5.69. The number of nitrogens with one attached hydrogen (secondary N) is 1. The summed E-state index contributed by atoms with van der Waals surface area (Å²) < 4.78 is 10.9. The summed E-state index contributed by atoms with van der Waals surface area (Å²) >= 11 is 0. The van der Waals surface area contributed by atoms with Gasteiger partial charge >= 0.3 is 0 Å². The van der Waals surface area contributed by atoms with Crippen LogP contribution in [-0.4, -0.2) is 20.3 Å². The number of methoxy groups -OCH3 is 1. The van der Waals surface area contributed by atoms with Crippen molar-refractivity contribution >= 4 is 0 Å². The zero-order valence-electron chi connectivity index (χ0n) is 11.5. The van der Waals surface area contributed by atoms with Crippen molar-refractivity contribution in [3.8, 4) is 11.5 Å². The molecule has 1 N–H and O–H groups in total. The standard InChI is InChI=1S/C15H23NO2/c1-5-9-16-12(3)14-8-7-13(17-4)11-15(14)18-10-6-2/h6-8,11-12,16H,2,5,9-10H2,1,3-4H3. The van der Waals surface area contributed by atoms with E-state index >= 15 is 0 Å². The third kappa shape index (κ3) is 4.08. The molecule has 0 heterocycles. The van der Waals surface area contributed by atoms with Crippen molar-refractivity contribution < 1.29 is 9.47 Å². The van der Waals surface area contributed by atoms with Crippen molar-refractivity contribution in [2.75, 3.05) is 20.3 Å². The summed E-state index contributed by atoms with van der Waals surface area (Å²) in [6.45, 7) is 9.46. The van der Waals surface area contributed by atoms with Gasteiger partial charge in [-0.25, -0.2) is 0 Å². The highest BCUT2D eigenvalue weighted by molar-refractivity contribution is 5.42. The lowest BCUT2D eigenvalue weighted by molar-refractivity contribution is 0.348. The minimum Gasteiger partial charge on any atom is -0.497 e. The van der Waals surface area contributed by atoms with E-state index < -0.39 is 0 Å².